The SMILES string of the molecule is [N-]=[N+]=N[C@]1(C(=O)O)[C@H]2[C@@H](C[C@@H]1O)[C@@H]2C(=O)O. The van der Waals surface area contributed by atoms with E-state index in [0.717, 1.165) is 0 Å². The molecule has 0 saturated heterocycles. The standard InChI is InChI=1S/C8H9N3O5/c9-11-10-8(7(15)16)3(12)1-2-4(5(2)8)6(13)14/h2-5,12H,1H2,(H,13,14)(H,15,16)/t2-,3-,4-,5-,8-/m0/s1. The van der Waals surface area contributed by atoms with Gasteiger partial charge in [-0.1, -0.05) is 5.11 Å². The van der Waals surface area contributed by atoms with E-state index in [1.54, 1.807) is 0 Å². The van der Waals surface area contributed by atoms with Gasteiger partial charge >= 0.3 is 11.9 Å². The lowest BCUT2D eigenvalue weighted by Gasteiger charge is -2.25. The lowest BCUT2D eigenvalue weighted by molar-refractivity contribution is -0.149. The summed E-state index contributed by atoms with van der Waals surface area (Å²) in [5.74, 6) is -4.61. The van der Waals surface area contributed by atoms with E-state index in [4.69, 9.17) is 15.7 Å². The zero-order valence-corrected chi connectivity index (χ0v) is 8.02. The second-order valence-corrected chi connectivity index (χ2v) is 4.13. The van der Waals surface area contributed by atoms with Crippen molar-refractivity contribution in [1.29, 1.82) is 0 Å². The number of aliphatic carboxylic acids is 2. The predicted octanol–water partition coefficient (Wildman–Crippen LogP) is -0.168. The maximum Gasteiger partial charge on any atom is 0.318 e. The van der Waals surface area contributed by atoms with Gasteiger partial charge in [-0.3, -0.25) is 9.59 Å². The number of aliphatic hydroxyl groups excluding tert-OH is 1. The van der Waals surface area contributed by atoms with Crippen LogP contribution in [-0.4, -0.2) is 38.9 Å². The third kappa shape index (κ3) is 1.05. The molecule has 0 radical (unpaired) electrons. The second kappa shape index (κ2) is 3.10. The van der Waals surface area contributed by atoms with Gasteiger partial charge in [0.15, 0.2) is 5.54 Å². The summed E-state index contributed by atoms with van der Waals surface area (Å²) in [5, 5.41) is 30.6. The van der Waals surface area contributed by atoms with Crippen LogP contribution < -0.4 is 0 Å². The molecular weight excluding hydrogens is 218 g/mol. The molecule has 0 aromatic carbocycles. The first-order valence-electron chi connectivity index (χ1n) is 4.67. The zero-order valence-electron chi connectivity index (χ0n) is 8.02. The van der Waals surface area contributed by atoms with Gasteiger partial charge in [0, 0.05) is 10.8 Å². The van der Waals surface area contributed by atoms with Gasteiger partial charge in [0.05, 0.1) is 12.0 Å². The molecule has 3 N–H and O–H groups in total. The summed E-state index contributed by atoms with van der Waals surface area (Å²) in [5.41, 5.74) is 6.34. The molecule has 2 aliphatic rings. The Morgan fingerprint density at radius 1 is 1.44 bits per heavy atom. The Morgan fingerprint density at radius 2 is 2.06 bits per heavy atom. The van der Waals surface area contributed by atoms with Crippen molar-refractivity contribution in [2.45, 2.75) is 18.1 Å². The first-order valence-corrected chi connectivity index (χ1v) is 4.67. The molecule has 0 unspecified atom stereocenters. The number of hydrogen-bond acceptors (Lipinski definition) is 4. The summed E-state index contributed by atoms with van der Waals surface area (Å²) in [4.78, 5) is 24.3. The third-order valence-electron chi connectivity index (χ3n) is 3.52. The molecule has 8 heteroatoms. The van der Waals surface area contributed by atoms with Gasteiger partial charge < -0.3 is 15.3 Å². The Hall–Kier alpha value is -1.79. The van der Waals surface area contributed by atoms with Crippen molar-refractivity contribution in [1.82, 2.24) is 0 Å². The van der Waals surface area contributed by atoms with Crippen LogP contribution in [0.1, 0.15) is 6.42 Å². The van der Waals surface area contributed by atoms with E-state index in [9.17, 15) is 14.7 Å². The fraction of sp³-hybridized carbons (Fsp3) is 0.750. The summed E-state index contributed by atoms with van der Waals surface area (Å²) < 4.78 is 0. The number of carboxylic acids is 2. The highest BCUT2D eigenvalue weighted by atomic mass is 16.4. The minimum absolute atomic E-state index is 0.0486. The largest absolute Gasteiger partial charge is 0.481 e. The Balaban J connectivity index is 2.41. The monoisotopic (exact) mass is 227 g/mol. The molecule has 0 spiro atoms. The fourth-order valence-corrected chi connectivity index (χ4v) is 2.80. The van der Waals surface area contributed by atoms with Crippen LogP contribution in [0.25, 0.3) is 10.4 Å². The van der Waals surface area contributed by atoms with E-state index in [-0.39, 0.29) is 6.42 Å². The Labute approximate surface area is 89.1 Å². The molecule has 0 heterocycles. The van der Waals surface area contributed by atoms with Crippen molar-refractivity contribution < 1.29 is 24.9 Å². The molecule has 0 aliphatic heterocycles. The minimum Gasteiger partial charge on any atom is -0.481 e. The number of azide groups is 1. The maximum absolute atomic E-state index is 11.1. The molecule has 0 bridgehead atoms. The molecule has 0 aromatic heterocycles. The normalized spacial score (nSPS) is 44.3. The Bertz CT molecular complexity index is 414. The number of carbonyl (C=O) groups is 2. The van der Waals surface area contributed by atoms with E-state index in [1.165, 1.54) is 0 Å². The van der Waals surface area contributed by atoms with Crippen molar-refractivity contribution in [3.63, 3.8) is 0 Å². The first kappa shape index (κ1) is 10.7. The smallest absolute Gasteiger partial charge is 0.318 e. The third-order valence-corrected chi connectivity index (χ3v) is 3.52. The fourth-order valence-electron chi connectivity index (χ4n) is 2.80. The van der Waals surface area contributed by atoms with Gasteiger partial charge in [0.2, 0.25) is 0 Å². The van der Waals surface area contributed by atoms with Gasteiger partial charge in [-0.05, 0) is 17.9 Å². The summed E-state index contributed by atoms with van der Waals surface area (Å²) >= 11 is 0. The molecule has 86 valence electrons. The number of nitrogens with zero attached hydrogens (tertiary/aromatic N) is 3. The quantitative estimate of drug-likeness (QED) is 0.348. The average molecular weight is 227 g/mol. The zero-order chi connectivity index (χ0) is 12.1. The Kier molecular flexibility index (Phi) is 2.08. The van der Waals surface area contributed by atoms with E-state index in [0.29, 0.717) is 0 Å². The summed E-state index contributed by atoms with van der Waals surface area (Å²) in [6.07, 6.45) is -1.26. The number of aliphatic hydroxyl groups is 1. The highest BCUT2D eigenvalue weighted by Crippen LogP contribution is 2.63. The van der Waals surface area contributed by atoms with Gasteiger partial charge in [-0.15, -0.1) is 0 Å². The van der Waals surface area contributed by atoms with Crippen molar-refractivity contribution >= 4 is 11.9 Å². The second-order valence-electron chi connectivity index (χ2n) is 4.13. The molecule has 0 aromatic rings. The van der Waals surface area contributed by atoms with Gasteiger partial charge in [0.25, 0.3) is 0 Å². The number of fused-ring (bicyclic) bond motifs is 1. The van der Waals surface area contributed by atoms with Crippen LogP contribution in [0.4, 0.5) is 0 Å². The van der Waals surface area contributed by atoms with Crippen LogP contribution in [0.5, 0.6) is 0 Å². The lowest BCUT2D eigenvalue weighted by Crippen LogP contribution is -2.48. The van der Waals surface area contributed by atoms with Crippen molar-refractivity contribution in [2.75, 3.05) is 0 Å². The van der Waals surface area contributed by atoms with Crippen LogP contribution in [0.15, 0.2) is 5.11 Å². The number of rotatable bonds is 3. The highest BCUT2D eigenvalue weighted by Gasteiger charge is 2.75. The van der Waals surface area contributed by atoms with E-state index in [1.807, 2.05) is 0 Å². The Morgan fingerprint density at radius 3 is 2.50 bits per heavy atom. The van der Waals surface area contributed by atoms with Crippen LogP contribution in [0, 0.1) is 17.8 Å². The highest BCUT2D eigenvalue weighted by molar-refractivity contribution is 5.86. The van der Waals surface area contributed by atoms with Crippen molar-refractivity contribution in [2.24, 2.45) is 22.9 Å². The van der Waals surface area contributed by atoms with Crippen LogP contribution >= 0.6 is 0 Å². The molecule has 8 nitrogen and oxygen atoms in total. The van der Waals surface area contributed by atoms with Gasteiger partial charge in [-0.25, -0.2) is 0 Å². The molecule has 16 heavy (non-hydrogen) atoms. The predicted molar refractivity (Wildman–Crippen MR) is 48.2 cm³/mol. The molecule has 2 fully saturated rings. The van der Waals surface area contributed by atoms with E-state index >= 15 is 0 Å². The van der Waals surface area contributed by atoms with E-state index in [2.05, 4.69) is 10.0 Å². The van der Waals surface area contributed by atoms with Crippen LogP contribution in [-0.2, 0) is 9.59 Å². The van der Waals surface area contributed by atoms with Crippen molar-refractivity contribution in [3.8, 4) is 0 Å². The molecule has 2 saturated carbocycles. The average Bonchev–Trinajstić information content (AvgIpc) is 2.81. The van der Waals surface area contributed by atoms with Crippen LogP contribution in [0.3, 0.4) is 0 Å². The minimum atomic E-state index is -2.01. The number of hydrogen-bond donors (Lipinski definition) is 3. The van der Waals surface area contributed by atoms with E-state index < -0.39 is 41.3 Å². The van der Waals surface area contributed by atoms with Crippen molar-refractivity contribution in [3.05, 3.63) is 10.4 Å². The maximum atomic E-state index is 11.1. The van der Waals surface area contributed by atoms with Gasteiger partial charge in [-0.2, -0.15) is 0 Å². The van der Waals surface area contributed by atoms with Crippen LogP contribution in [0.2, 0.25) is 0 Å². The van der Waals surface area contributed by atoms with Gasteiger partial charge in [0.1, 0.15) is 0 Å². The molecular formula is C8H9N3O5. The lowest BCUT2D eigenvalue weighted by atomic mass is 9.89. The topological polar surface area (TPSA) is 144 Å². The molecule has 2 aliphatic carbocycles. The molecule has 0 amide bonds. The number of carboxylic acid groups (broad SMARTS) is 2. The first-order chi connectivity index (χ1) is 7.46. The molecule has 2 rings (SSSR count). The summed E-state index contributed by atoms with van der Waals surface area (Å²) in [6, 6.07) is 0. The molecule has 5 atom stereocenters. The summed E-state index contributed by atoms with van der Waals surface area (Å²) in [7, 11) is 0. The summed E-state index contributed by atoms with van der Waals surface area (Å²) in [6.45, 7) is 0.